The summed E-state index contributed by atoms with van der Waals surface area (Å²) in [6.45, 7) is 4.33. The topological polar surface area (TPSA) is 69.6 Å². The van der Waals surface area contributed by atoms with Gasteiger partial charge in [-0.2, -0.15) is 0 Å². The second-order valence-corrected chi connectivity index (χ2v) is 15.5. The summed E-state index contributed by atoms with van der Waals surface area (Å²) in [6.07, 6.45) is 51.6. The lowest BCUT2D eigenvalue weighted by Crippen LogP contribution is -2.45. The van der Waals surface area contributed by atoms with Crippen molar-refractivity contribution in [2.45, 2.75) is 264 Å². The highest BCUT2D eigenvalue weighted by Gasteiger charge is 2.20. The van der Waals surface area contributed by atoms with E-state index >= 15 is 0 Å². The molecule has 2 atom stereocenters. The van der Waals surface area contributed by atoms with Crippen LogP contribution in [0, 0.1) is 0 Å². The van der Waals surface area contributed by atoms with Crippen molar-refractivity contribution in [3.8, 4) is 0 Å². The first-order valence-corrected chi connectivity index (χ1v) is 22.4. The van der Waals surface area contributed by atoms with E-state index in [1.807, 2.05) is 0 Å². The molecule has 0 saturated carbocycles. The number of carbonyl (C=O) groups excluding carboxylic acids is 1. The number of nitrogens with one attached hydrogen (secondary N) is 1. The second kappa shape index (κ2) is 41.5. The maximum atomic E-state index is 12.3. The quantitative estimate of drug-likeness (QED) is 0.0441. The molecule has 0 aliphatic rings. The first-order valence-electron chi connectivity index (χ1n) is 22.4. The van der Waals surface area contributed by atoms with Gasteiger partial charge in [-0.3, -0.25) is 4.79 Å². The molecule has 0 aromatic rings. The van der Waals surface area contributed by atoms with Crippen LogP contribution in [0.25, 0.3) is 0 Å². The van der Waals surface area contributed by atoms with Gasteiger partial charge in [-0.15, -0.1) is 0 Å². The summed E-state index contributed by atoms with van der Waals surface area (Å²) in [5.41, 5.74) is 0. The molecule has 0 radical (unpaired) electrons. The van der Waals surface area contributed by atoms with Gasteiger partial charge in [0.25, 0.3) is 0 Å². The van der Waals surface area contributed by atoms with Crippen LogP contribution in [0.2, 0.25) is 0 Å². The number of allylic oxidation sites excluding steroid dienone is 2. The Labute approximate surface area is 307 Å². The van der Waals surface area contributed by atoms with Crippen molar-refractivity contribution in [1.82, 2.24) is 5.32 Å². The van der Waals surface area contributed by atoms with E-state index in [-0.39, 0.29) is 12.5 Å². The molecule has 2 unspecified atom stereocenters. The molecule has 0 saturated heterocycles. The Bertz CT molecular complexity index is 666. The number of hydrogen-bond acceptors (Lipinski definition) is 3. The molecule has 0 aliphatic heterocycles. The Morgan fingerprint density at radius 1 is 0.469 bits per heavy atom. The lowest BCUT2D eigenvalue weighted by atomic mass is 10.0. The third-order valence-corrected chi connectivity index (χ3v) is 10.5. The van der Waals surface area contributed by atoms with Crippen molar-refractivity contribution in [3.63, 3.8) is 0 Å². The first kappa shape index (κ1) is 48.1. The number of hydrogen-bond donors (Lipinski definition) is 3. The Morgan fingerprint density at radius 2 is 0.796 bits per heavy atom. The van der Waals surface area contributed by atoms with Gasteiger partial charge in [-0.25, -0.2) is 0 Å². The van der Waals surface area contributed by atoms with E-state index < -0.39 is 12.1 Å². The predicted molar refractivity (Wildman–Crippen MR) is 216 cm³/mol. The zero-order valence-corrected chi connectivity index (χ0v) is 33.5. The molecule has 0 aromatic heterocycles. The third kappa shape index (κ3) is 38.2. The summed E-state index contributed by atoms with van der Waals surface area (Å²) in [6, 6.07) is -0.536. The Morgan fingerprint density at radius 3 is 1.18 bits per heavy atom. The van der Waals surface area contributed by atoms with Gasteiger partial charge in [0.2, 0.25) is 5.91 Å². The highest BCUT2D eigenvalue weighted by molar-refractivity contribution is 5.76. The summed E-state index contributed by atoms with van der Waals surface area (Å²) in [5.74, 6) is -0.0398. The largest absolute Gasteiger partial charge is 0.394 e. The molecule has 0 fully saturated rings. The summed E-state index contributed by atoms with van der Waals surface area (Å²) in [4.78, 5) is 12.3. The molecule has 0 heterocycles. The van der Waals surface area contributed by atoms with Gasteiger partial charge in [0.05, 0.1) is 18.8 Å². The first-order chi connectivity index (χ1) is 24.2. The van der Waals surface area contributed by atoms with Crippen LogP contribution < -0.4 is 5.32 Å². The lowest BCUT2D eigenvalue weighted by molar-refractivity contribution is -0.123. The number of aliphatic hydroxyl groups excluding tert-OH is 2. The zero-order valence-electron chi connectivity index (χ0n) is 33.5. The molecular weight excluding hydrogens is 602 g/mol. The smallest absolute Gasteiger partial charge is 0.220 e. The van der Waals surface area contributed by atoms with E-state index in [1.54, 1.807) is 0 Å². The van der Waals surface area contributed by atoms with Crippen LogP contribution in [0.3, 0.4) is 0 Å². The van der Waals surface area contributed by atoms with Gasteiger partial charge in [-0.1, -0.05) is 225 Å². The van der Waals surface area contributed by atoms with Crippen molar-refractivity contribution in [3.05, 3.63) is 12.2 Å². The fourth-order valence-electron chi connectivity index (χ4n) is 7.05. The van der Waals surface area contributed by atoms with Crippen LogP contribution in [-0.4, -0.2) is 34.9 Å². The minimum atomic E-state index is -0.659. The number of carbonyl (C=O) groups is 1. The normalized spacial score (nSPS) is 13.0. The number of aliphatic hydroxyl groups is 2. The van der Waals surface area contributed by atoms with Crippen LogP contribution in [0.1, 0.15) is 251 Å². The van der Waals surface area contributed by atoms with Crippen LogP contribution in [0.4, 0.5) is 0 Å². The minimum Gasteiger partial charge on any atom is -0.394 e. The molecule has 4 nitrogen and oxygen atoms in total. The Kier molecular flexibility index (Phi) is 40.8. The highest BCUT2D eigenvalue weighted by atomic mass is 16.3. The van der Waals surface area contributed by atoms with E-state index in [4.69, 9.17) is 0 Å². The fourth-order valence-corrected chi connectivity index (χ4v) is 7.05. The number of amides is 1. The molecule has 0 rings (SSSR count). The Hall–Kier alpha value is -0.870. The van der Waals surface area contributed by atoms with Gasteiger partial charge in [0.15, 0.2) is 0 Å². The molecule has 3 N–H and O–H groups in total. The summed E-state index contributed by atoms with van der Waals surface area (Å²) < 4.78 is 0. The molecule has 292 valence electrons. The molecule has 0 spiro atoms. The summed E-state index contributed by atoms with van der Waals surface area (Å²) in [7, 11) is 0. The monoisotopic (exact) mass is 692 g/mol. The third-order valence-electron chi connectivity index (χ3n) is 10.5. The standard InChI is InChI=1S/C45H89NO3/c1-3-5-7-9-11-13-15-16-17-18-19-20-21-22-23-24-25-26-27-28-29-31-32-34-36-38-40-44(48)43(42-47)46-45(49)41-39-37-35-33-30-14-12-10-8-6-4-2/h10,12,43-44,47-48H,3-9,11,13-42H2,1-2H3,(H,46,49)/b12-10-. The molecular formula is C45H89NO3. The number of rotatable bonds is 41. The van der Waals surface area contributed by atoms with Crippen molar-refractivity contribution in [2.24, 2.45) is 0 Å². The van der Waals surface area contributed by atoms with Gasteiger partial charge in [-0.05, 0) is 32.1 Å². The van der Waals surface area contributed by atoms with Crippen LogP contribution >= 0.6 is 0 Å². The van der Waals surface area contributed by atoms with Crippen molar-refractivity contribution in [2.75, 3.05) is 6.61 Å². The molecule has 49 heavy (non-hydrogen) atoms. The lowest BCUT2D eigenvalue weighted by Gasteiger charge is -2.22. The average Bonchev–Trinajstić information content (AvgIpc) is 3.10. The van der Waals surface area contributed by atoms with Gasteiger partial charge in [0, 0.05) is 6.42 Å². The minimum absolute atomic E-state index is 0.0398. The SMILES string of the molecule is CCCC/C=C\CCCCCCCC(=O)NC(CO)C(O)CCCCCCCCCCCCCCCCCCCCCCCCCCCC. The van der Waals surface area contributed by atoms with Crippen molar-refractivity contribution < 1.29 is 15.0 Å². The molecule has 0 bridgehead atoms. The van der Waals surface area contributed by atoms with E-state index in [2.05, 4.69) is 31.3 Å². The van der Waals surface area contributed by atoms with E-state index in [1.165, 1.54) is 199 Å². The molecule has 1 amide bonds. The van der Waals surface area contributed by atoms with Crippen molar-refractivity contribution >= 4 is 5.91 Å². The highest BCUT2D eigenvalue weighted by Crippen LogP contribution is 2.17. The maximum absolute atomic E-state index is 12.3. The zero-order chi connectivity index (χ0) is 35.7. The fraction of sp³-hybridized carbons (Fsp3) is 0.933. The average molecular weight is 692 g/mol. The second-order valence-electron chi connectivity index (χ2n) is 15.5. The van der Waals surface area contributed by atoms with E-state index in [0.29, 0.717) is 12.8 Å². The van der Waals surface area contributed by atoms with Gasteiger partial charge in [0.1, 0.15) is 0 Å². The maximum Gasteiger partial charge on any atom is 0.220 e. The Balaban J connectivity index is 3.42. The summed E-state index contributed by atoms with van der Waals surface area (Å²) >= 11 is 0. The summed E-state index contributed by atoms with van der Waals surface area (Å²) in [5, 5.41) is 23.1. The van der Waals surface area contributed by atoms with Crippen LogP contribution in [0.15, 0.2) is 12.2 Å². The van der Waals surface area contributed by atoms with E-state index in [0.717, 1.165) is 25.7 Å². The van der Waals surface area contributed by atoms with Crippen LogP contribution in [-0.2, 0) is 4.79 Å². The molecule has 0 aromatic carbocycles. The van der Waals surface area contributed by atoms with Gasteiger partial charge >= 0.3 is 0 Å². The van der Waals surface area contributed by atoms with E-state index in [9.17, 15) is 15.0 Å². The predicted octanol–water partition coefficient (Wildman–Crippen LogP) is 13.9. The van der Waals surface area contributed by atoms with Crippen LogP contribution in [0.5, 0.6) is 0 Å². The molecule has 4 heteroatoms. The number of unbranched alkanes of at least 4 members (excludes halogenated alkanes) is 32. The van der Waals surface area contributed by atoms with Crippen molar-refractivity contribution in [1.29, 1.82) is 0 Å². The van der Waals surface area contributed by atoms with Gasteiger partial charge < -0.3 is 15.5 Å². The molecule has 0 aliphatic carbocycles.